The van der Waals surface area contributed by atoms with Gasteiger partial charge in [-0.25, -0.2) is 0 Å². The predicted molar refractivity (Wildman–Crippen MR) is 102 cm³/mol. The summed E-state index contributed by atoms with van der Waals surface area (Å²) in [4.78, 5) is 26.0. The first-order valence-corrected chi connectivity index (χ1v) is 8.66. The van der Waals surface area contributed by atoms with E-state index < -0.39 is 0 Å². The summed E-state index contributed by atoms with van der Waals surface area (Å²) in [6, 6.07) is 12.3. The Hall–Kier alpha value is -3.22. The van der Waals surface area contributed by atoms with E-state index in [9.17, 15) is 9.59 Å². The molecule has 2 aromatic rings. The quantitative estimate of drug-likeness (QED) is 0.811. The lowest BCUT2D eigenvalue weighted by Gasteiger charge is -2.20. The molecule has 1 N–H and O–H groups in total. The van der Waals surface area contributed by atoms with Crippen LogP contribution in [0.15, 0.2) is 42.5 Å². The van der Waals surface area contributed by atoms with Crippen molar-refractivity contribution in [3.63, 3.8) is 0 Å². The summed E-state index contributed by atoms with van der Waals surface area (Å²) in [6.07, 6.45) is 1.33. The second-order valence-corrected chi connectivity index (χ2v) is 6.02. The lowest BCUT2D eigenvalue weighted by molar-refractivity contribution is -0.118. The summed E-state index contributed by atoms with van der Waals surface area (Å²) in [6.45, 7) is 0.480. The lowest BCUT2D eigenvalue weighted by Crippen LogP contribution is -2.25. The highest BCUT2D eigenvalue weighted by atomic mass is 16.5. The van der Waals surface area contributed by atoms with Gasteiger partial charge >= 0.3 is 0 Å². The molecular weight excluding hydrogens is 348 g/mol. The van der Waals surface area contributed by atoms with Gasteiger partial charge in [-0.2, -0.15) is 0 Å². The van der Waals surface area contributed by atoms with Crippen molar-refractivity contribution in [2.75, 3.05) is 37.6 Å². The van der Waals surface area contributed by atoms with E-state index in [2.05, 4.69) is 5.32 Å². The van der Waals surface area contributed by atoms with Gasteiger partial charge in [-0.3, -0.25) is 9.59 Å². The molecule has 7 nitrogen and oxygen atoms in total. The van der Waals surface area contributed by atoms with E-state index in [1.54, 1.807) is 55.5 Å². The molecule has 0 atom stereocenters. The van der Waals surface area contributed by atoms with Crippen LogP contribution in [0.3, 0.4) is 0 Å². The minimum absolute atomic E-state index is 0.0521. The molecule has 1 saturated heterocycles. The Labute approximate surface area is 157 Å². The summed E-state index contributed by atoms with van der Waals surface area (Å²) in [7, 11) is 3.10. The molecule has 2 aromatic carbocycles. The Bertz CT molecular complexity index is 837. The number of rotatable bonds is 7. The maximum Gasteiger partial charge on any atom is 0.262 e. The highest BCUT2D eigenvalue weighted by molar-refractivity contribution is 5.98. The van der Waals surface area contributed by atoms with Crippen LogP contribution in [0.25, 0.3) is 0 Å². The van der Waals surface area contributed by atoms with E-state index in [-0.39, 0.29) is 18.4 Å². The summed E-state index contributed by atoms with van der Waals surface area (Å²) >= 11 is 0. The van der Waals surface area contributed by atoms with Crippen LogP contribution in [0.1, 0.15) is 12.8 Å². The van der Waals surface area contributed by atoms with E-state index in [0.29, 0.717) is 41.6 Å². The topological polar surface area (TPSA) is 77.1 Å². The Morgan fingerprint density at radius 3 is 2.48 bits per heavy atom. The second-order valence-electron chi connectivity index (χ2n) is 6.02. The monoisotopic (exact) mass is 370 g/mol. The molecule has 1 heterocycles. The van der Waals surface area contributed by atoms with Crippen molar-refractivity contribution in [1.82, 2.24) is 0 Å². The molecule has 3 rings (SSSR count). The number of para-hydroxylation sites is 2. The zero-order valence-corrected chi connectivity index (χ0v) is 15.4. The van der Waals surface area contributed by atoms with Crippen LogP contribution < -0.4 is 24.4 Å². The first-order valence-electron chi connectivity index (χ1n) is 8.66. The Kier molecular flexibility index (Phi) is 5.80. The van der Waals surface area contributed by atoms with Crippen LogP contribution in [-0.4, -0.2) is 39.2 Å². The molecule has 2 amide bonds. The predicted octanol–water partition coefficient (Wildman–Crippen LogP) is 2.85. The van der Waals surface area contributed by atoms with Crippen molar-refractivity contribution in [3.8, 4) is 17.2 Å². The molecule has 0 aromatic heterocycles. The zero-order valence-electron chi connectivity index (χ0n) is 15.4. The number of methoxy groups -OCH3 is 2. The third-order valence-electron chi connectivity index (χ3n) is 4.25. The van der Waals surface area contributed by atoms with Gasteiger partial charge in [0.1, 0.15) is 5.75 Å². The van der Waals surface area contributed by atoms with Crippen LogP contribution in [0.5, 0.6) is 17.2 Å². The molecule has 0 spiro atoms. The smallest absolute Gasteiger partial charge is 0.262 e. The Morgan fingerprint density at radius 1 is 1.07 bits per heavy atom. The van der Waals surface area contributed by atoms with Crippen molar-refractivity contribution in [2.24, 2.45) is 0 Å². The molecule has 0 saturated carbocycles. The number of ether oxygens (including phenoxy) is 3. The molecule has 27 heavy (non-hydrogen) atoms. The van der Waals surface area contributed by atoms with Gasteiger partial charge < -0.3 is 24.4 Å². The third kappa shape index (κ3) is 4.31. The minimum Gasteiger partial charge on any atom is -0.495 e. The van der Waals surface area contributed by atoms with Crippen molar-refractivity contribution in [1.29, 1.82) is 0 Å². The van der Waals surface area contributed by atoms with Gasteiger partial charge in [0.2, 0.25) is 5.91 Å². The highest BCUT2D eigenvalue weighted by Gasteiger charge is 2.25. The molecule has 0 radical (unpaired) electrons. The number of anilines is 2. The average Bonchev–Trinajstić information content (AvgIpc) is 3.12. The van der Waals surface area contributed by atoms with Gasteiger partial charge in [-0.1, -0.05) is 12.1 Å². The van der Waals surface area contributed by atoms with Crippen molar-refractivity contribution in [3.05, 3.63) is 42.5 Å². The summed E-state index contributed by atoms with van der Waals surface area (Å²) in [5, 5.41) is 2.78. The summed E-state index contributed by atoms with van der Waals surface area (Å²) < 4.78 is 16.1. The first kappa shape index (κ1) is 18.6. The second kappa shape index (κ2) is 8.44. The molecule has 0 unspecified atom stereocenters. The first-order chi connectivity index (χ1) is 13.1. The molecule has 0 aliphatic carbocycles. The molecule has 142 valence electrons. The number of nitrogens with zero attached hydrogens (tertiary/aromatic N) is 1. The van der Waals surface area contributed by atoms with E-state index >= 15 is 0 Å². The van der Waals surface area contributed by atoms with Crippen LogP contribution in [0.2, 0.25) is 0 Å². The minimum atomic E-state index is -0.315. The Morgan fingerprint density at radius 2 is 1.81 bits per heavy atom. The summed E-state index contributed by atoms with van der Waals surface area (Å²) in [5.41, 5.74) is 1.22. The van der Waals surface area contributed by atoms with Gasteiger partial charge in [0, 0.05) is 18.7 Å². The third-order valence-corrected chi connectivity index (χ3v) is 4.25. The Balaban J connectivity index is 1.68. The van der Waals surface area contributed by atoms with E-state index in [4.69, 9.17) is 14.2 Å². The normalized spacial score (nSPS) is 13.4. The molecule has 0 bridgehead atoms. The van der Waals surface area contributed by atoms with Gasteiger partial charge in [0.25, 0.3) is 5.91 Å². The van der Waals surface area contributed by atoms with Crippen molar-refractivity contribution in [2.45, 2.75) is 12.8 Å². The molecule has 1 fully saturated rings. The fourth-order valence-electron chi connectivity index (χ4n) is 2.96. The summed E-state index contributed by atoms with van der Waals surface area (Å²) in [5.74, 6) is 1.38. The van der Waals surface area contributed by atoms with Gasteiger partial charge in [-0.15, -0.1) is 0 Å². The van der Waals surface area contributed by atoms with Crippen molar-refractivity contribution < 1.29 is 23.8 Å². The number of nitrogens with one attached hydrogen (secondary N) is 1. The number of amides is 2. The van der Waals surface area contributed by atoms with Crippen LogP contribution >= 0.6 is 0 Å². The zero-order chi connectivity index (χ0) is 19.2. The molecule has 7 heteroatoms. The van der Waals surface area contributed by atoms with Gasteiger partial charge in [-0.05, 0) is 36.8 Å². The van der Waals surface area contributed by atoms with Crippen LogP contribution in [0, 0.1) is 0 Å². The van der Waals surface area contributed by atoms with Gasteiger partial charge in [0.15, 0.2) is 18.1 Å². The maximum atomic E-state index is 12.2. The average molecular weight is 370 g/mol. The van der Waals surface area contributed by atoms with E-state index in [1.807, 2.05) is 6.07 Å². The lowest BCUT2D eigenvalue weighted by atomic mass is 10.2. The maximum absolute atomic E-state index is 12.2. The number of hydrogen-bond acceptors (Lipinski definition) is 5. The van der Waals surface area contributed by atoms with E-state index in [0.717, 1.165) is 6.42 Å². The SMILES string of the molecule is COc1ccccc1OCC(=O)Nc1ccc(OC)c(N2CCCC2=O)c1. The largest absolute Gasteiger partial charge is 0.495 e. The molecular formula is C20H22N2O5. The van der Waals surface area contributed by atoms with Crippen LogP contribution in [-0.2, 0) is 9.59 Å². The number of benzene rings is 2. The van der Waals surface area contributed by atoms with Gasteiger partial charge in [0.05, 0.1) is 19.9 Å². The highest BCUT2D eigenvalue weighted by Crippen LogP contribution is 2.34. The molecule has 1 aliphatic heterocycles. The standard InChI is InChI=1S/C20H22N2O5/c1-25-16-10-9-14(12-15(16)22-11-5-8-20(22)24)21-19(23)13-27-18-7-4-3-6-17(18)26-2/h3-4,6-7,9-10,12H,5,8,11,13H2,1-2H3,(H,21,23). The number of carbonyl (C=O) groups is 2. The fraction of sp³-hybridized carbons (Fsp3) is 0.300. The number of hydrogen-bond donors (Lipinski definition) is 1. The van der Waals surface area contributed by atoms with Crippen LogP contribution in [0.4, 0.5) is 11.4 Å². The molecule has 1 aliphatic rings. The fourth-order valence-corrected chi connectivity index (χ4v) is 2.96. The number of carbonyl (C=O) groups excluding carboxylic acids is 2. The van der Waals surface area contributed by atoms with E-state index in [1.165, 1.54) is 0 Å². The van der Waals surface area contributed by atoms with Crippen molar-refractivity contribution >= 4 is 23.2 Å².